The van der Waals surface area contributed by atoms with Crippen LogP contribution in [0.15, 0.2) is 50.6 Å². The summed E-state index contributed by atoms with van der Waals surface area (Å²) >= 11 is 0. The van der Waals surface area contributed by atoms with Gasteiger partial charge in [-0.1, -0.05) is 26.3 Å². The van der Waals surface area contributed by atoms with Gasteiger partial charge in [0.2, 0.25) is 0 Å². The average molecular weight is 418 g/mol. The van der Waals surface area contributed by atoms with Crippen molar-refractivity contribution in [2.24, 2.45) is 0 Å². The predicted octanol–water partition coefficient (Wildman–Crippen LogP) is -2.84. The zero-order chi connectivity index (χ0) is 19.8. The van der Waals surface area contributed by atoms with Gasteiger partial charge in [-0.25, -0.2) is 0 Å². The SMILES string of the molecule is C=CC[N+](CC=C)(CC=C)CC=C.OB1O[B-]2(O)OB(O)O[B-](O)(O1)O2.[NaH].[NaH]. The molecule has 0 aromatic rings. The number of hydrogen-bond donors (Lipinski definition) is 4. The summed E-state index contributed by atoms with van der Waals surface area (Å²) in [7, 11) is -3.92. The summed E-state index contributed by atoms with van der Waals surface area (Å²) in [6, 6.07) is 0. The van der Waals surface area contributed by atoms with Gasteiger partial charge in [-0.3, -0.25) is 0 Å². The number of fused-ring (bicyclic) bond motifs is 2. The van der Waals surface area contributed by atoms with Gasteiger partial charge < -0.3 is 47.4 Å². The molecule has 0 radical (unpaired) electrons. The van der Waals surface area contributed by atoms with Crippen LogP contribution in [0.1, 0.15) is 0 Å². The molecule has 0 aliphatic carbocycles. The molecule has 148 valence electrons. The summed E-state index contributed by atoms with van der Waals surface area (Å²) in [6.45, 7) is 11.9. The van der Waals surface area contributed by atoms with Gasteiger partial charge in [0.15, 0.2) is 0 Å². The molecule has 2 aliphatic rings. The minimum absolute atomic E-state index is 0. The maximum absolute atomic E-state index is 9.18. The fourth-order valence-corrected chi connectivity index (χ4v) is 2.61. The molecule has 0 saturated carbocycles. The summed E-state index contributed by atoms with van der Waals surface area (Å²) in [5.41, 5.74) is 0. The Labute approximate surface area is 210 Å². The second-order valence-electron chi connectivity index (χ2n) is 5.73. The first-order valence-corrected chi connectivity index (χ1v) is 7.92. The van der Waals surface area contributed by atoms with Crippen molar-refractivity contribution in [3.8, 4) is 0 Å². The van der Waals surface area contributed by atoms with Crippen LogP contribution >= 0.6 is 0 Å². The molecule has 0 atom stereocenters. The van der Waals surface area contributed by atoms with Crippen LogP contribution in [-0.2, 0) is 22.9 Å². The standard InChI is InChI=1S/C12H20N.B4H4O9.2Na.2H/c1-5-9-13(10-6-2,11-7-3)12-8-4;5-1-9-3(7)11-2(6)12-4(8,10-1)13-3;;;;/h5-8H,1-4,9-12H2;5-8H;;;;/q+1;-2;;;;. The Kier molecular flexibility index (Phi) is 15.5. The van der Waals surface area contributed by atoms with E-state index >= 15 is 0 Å². The van der Waals surface area contributed by atoms with Gasteiger partial charge >= 0.3 is 87.7 Å². The Balaban J connectivity index is 0. The first-order valence-electron chi connectivity index (χ1n) is 7.92. The summed E-state index contributed by atoms with van der Waals surface area (Å²) in [4.78, 5) is 0. The molecule has 2 aliphatic heterocycles. The summed E-state index contributed by atoms with van der Waals surface area (Å²) in [5, 5.41) is 35.9. The van der Waals surface area contributed by atoms with Gasteiger partial charge in [0.05, 0.1) is 26.2 Å². The second kappa shape index (κ2) is 14.0. The molecule has 0 amide bonds. The van der Waals surface area contributed by atoms with Crippen molar-refractivity contribution in [1.82, 2.24) is 0 Å². The number of quaternary nitrogens is 1. The van der Waals surface area contributed by atoms with E-state index in [1.165, 1.54) is 0 Å². The van der Waals surface area contributed by atoms with Crippen LogP contribution in [-0.4, -0.2) is 138 Å². The van der Waals surface area contributed by atoms with Gasteiger partial charge in [0, 0.05) is 0 Å². The molecular formula is C12H26B4NNa2O9-. The van der Waals surface area contributed by atoms with Crippen LogP contribution in [0.4, 0.5) is 0 Å². The van der Waals surface area contributed by atoms with Gasteiger partial charge in [0.1, 0.15) is 0 Å². The quantitative estimate of drug-likeness (QED) is 0.188. The molecule has 16 heteroatoms. The van der Waals surface area contributed by atoms with E-state index < -0.39 is 28.6 Å². The van der Waals surface area contributed by atoms with E-state index in [-0.39, 0.29) is 59.1 Å². The van der Waals surface area contributed by atoms with Crippen molar-refractivity contribution in [2.45, 2.75) is 0 Å². The van der Waals surface area contributed by atoms with Crippen LogP contribution in [0.25, 0.3) is 0 Å². The fraction of sp³-hybridized carbons (Fsp3) is 0.333. The molecule has 2 rings (SSSR count). The van der Waals surface area contributed by atoms with Crippen molar-refractivity contribution in [3.63, 3.8) is 0 Å². The Morgan fingerprint density at radius 2 is 0.929 bits per heavy atom. The summed E-state index contributed by atoms with van der Waals surface area (Å²) in [5.74, 6) is 0. The summed E-state index contributed by atoms with van der Waals surface area (Å²) in [6.07, 6.45) is 7.76. The number of hydrogen-bond acceptors (Lipinski definition) is 9. The molecule has 10 nitrogen and oxygen atoms in total. The molecule has 2 bridgehead atoms. The summed E-state index contributed by atoms with van der Waals surface area (Å²) < 4.78 is 22.0. The minimum atomic E-state index is -3.45. The van der Waals surface area contributed by atoms with Crippen molar-refractivity contribution in [3.05, 3.63) is 50.6 Å². The third-order valence-corrected chi connectivity index (χ3v) is 3.56. The van der Waals surface area contributed by atoms with Crippen molar-refractivity contribution < 1.29 is 47.4 Å². The van der Waals surface area contributed by atoms with E-state index in [1.807, 2.05) is 24.3 Å². The maximum atomic E-state index is 9.18. The third-order valence-electron chi connectivity index (χ3n) is 3.56. The van der Waals surface area contributed by atoms with Gasteiger partial charge in [-0.15, -0.1) is 0 Å². The molecule has 28 heavy (non-hydrogen) atoms. The van der Waals surface area contributed by atoms with Crippen molar-refractivity contribution >= 4 is 87.7 Å². The van der Waals surface area contributed by atoms with Crippen LogP contribution in [0.5, 0.6) is 0 Å². The van der Waals surface area contributed by atoms with Crippen LogP contribution in [0.3, 0.4) is 0 Å². The first-order chi connectivity index (χ1) is 12.2. The number of nitrogens with zero attached hydrogens (tertiary/aromatic N) is 1. The van der Waals surface area contributed by atoms with Gasteiger partial charge in [-0.05, 0) is 24.3 Å². The molecule has 2 fully saturated rings. The Bertz CT molecular complexity index is 454. The van der Waals surface area contributed by atoms with E-state index in [4.69, 9.17) is 10.0 Å². The molecule has 4 N–H and O–H groups in total. The normalized spacial score (nSPS) is 25.9. The van der Waals surface area contributed by atoms with Crippen molar-refractivity contribution in [1.29, 1.82) is 0 Å². The van der Waals surface area contributed by atoms with Gasteiger partial charge in [0.25, 0.3) is 0 Å². The molecule has 0 unspecified atom stereocenters. The van der Waals surface area contributed by atoms with Crippen LogP contribution in [0.2, 0.25) is 0 Å². The van der Waals surface area contributed by atoms with E-state index in [0.717, 1.165) is 30.7 Å². The zero-order valence-electron chi connectivity index (χ0n) is 14.6. The Hall–Kier alpha value is 0.820. The molecular weight excluding hydrogens is 391 g/mol. The second-order valence-corrected chi connectivity index (χ2v) is 5.73. The molecule has 0 aromatic heterocycles. The fourth-order valence-electron chi connectivity index (χ4n) is 2.61. The topological polar surface area (TPSA) is 127 Å². The Morgan fingerprint density at radius 1 is 0.679 bits per heavy atom. The van der Waals surface area contributed by atoms with E-state index in [0.29, 0.717) is 0 Å². The van der Waals surface area contributed by atoms with Gasteiger partial charge in [-0.2, -0.15) is 0 Å². The van der Waals surface area contributed by atoms with E-state index in [2.05, 4.69) is 49.2 Å². The third kappa shape index (κ3) is 9.75. The molecule has 2 saturated heterocycles. The molecule has 2 heterocycles. The van der Waals surface area contributed by atoms with E-state index in [9.17, 15) is 10.0 Å². The average Bonchev–Trinajstić information content (AvgIpc) is 2.45. The monoisotopic (exact) mass is 418 g/mol. The van der Waals surface area contributed by atoms with Crippen LogP contribution < -0.4 is 0 Å². The van der Waals surface area contributed by atoms with E-state index in [1.54, 1.807) is 0 Å². The zero-order valence-corrected chi connectivity index (χ0v) is 14.6. The first kappa shape index (κ1) is 31.0. The molecule has 0 spiro atoms. The molecule has 0 aromatic carbocycles. The number of rotatable bonds is 8. The van der Waals surface area contributed by atoms with Crippen LogP contribution in [0, 0.1) is 0 Å². The Morgan fingerprint density at radius 3 is 1.14 bits per heavy atom. The predicted molar refractivity (Wildman–Crippen MR) is 112 cm³/mol. The van der Waals surface area contributed by atoms with Crippen molar-refractivity contribution in [2.75, 3.05) is 26.2 Å².